The van der Waals surface area contributed by atoms with Gasteiger partial charge in [0.2, 0.25) is 0 Å². The summed E-state index contributed by atoms with van der Waals surface area (Å²) in [7, 11) is 3.83. The van der Waals surface area contributed by atoms with E-state index >= 15 is 0 Å². The first-order valence-electron chi connectivity index (χ1n) is 9.70. The van der Waals surface area contributed by atoms with Crippen molar-refractivity contribution in [3.8, 4) is 0 Å². The summed E-state index contributed by atoms with van der Waals surface area (Å²) in [6, 6.07) is 1.64. The van der Waals surface area contributed by atoms with Crippen LogP contribution >= 0.6 is 11.3 Å². The van der Waals surface area contributed by atoms with Crippen molar-refractivity contribution in [2.45, 2.75) is 50.5 Å². The molecule has 2 heterocycles. The zero-order valence-corrected chi connectivity index (χ0v) is 16.3. The molecule has 4 bridgehead atoms. The fraction of sp³-hybridized carbons (Fsp3) is 0.650. The van der Waals surface area contributed by atoms with Gasteiger partial charge in [0.05, 0.1) is 29.1 Å². The van der Waals surface area contributed by atoms with E-state index in [0.29, 0.717) is 12.0 Å². The lowest BCUT2D eigenvalue weighted by atomic mass is 9.50. The fourth-order valence-corrected chi connectivity index (χ4v) is 6.98. The van der Waals surface area contributed by atoms with Crippen LogP contribution in [0.4, 0.5) is 5.69 Å². The lowest BCUT2D eigenvalue weighted by molar-refractivity contribution is -0.00534. The number of hydrogen-bond donors (Lipinski definition) is 0. The molecule has 2 aromatic rings. The molecule has 0 aromatic carbocycles. The predicted octanol–water partition coefficient (Wildman–Crippen LogP) is 3.28. The monoisotopic (exact) mass is 370 g/mol. The highest BCUT2D eigenvalue weighted by atomic mass is 32.1. The number of rotatable bonds is 4. The Labute approximate surface area is 158 Å². The Balaban J connectivity index is 1.39. The molecule has 0 aliphatic heterocycles. The molecule has 4 aliphatic carbocycles. The van der Waals surface area contributed by atoms with Gasteiger partial charge in [-0.15, -0.1) is 11.3 Å². The highest BCUT2D eigenvalue weighted by Gasteiger charge is 2.52. The smallest absolute Gasteiger partial charge is 0.269 e. The summed E-state index contributed by atoms with van der Waals surface area (Å²) in [4.78, 5) is 19.2. The molecular formula is C20H26N4OS. The molecule has 138 valence electrons. The molecule has 5 nitrogen and oxygen atoms in total. The van der Waals surface area contributed by atoms with Crippen molar-refractivity contribution in [3.63, 3.8) is 0 Å². The minimum atomic E-state index is -0.0689. The maximum Gasteiger partial charge on any atom is 0.269 e. The molecule has 26 heavy (non-hydrogen) atoms. The lowest BCUT2D eigenvalue weighted by Crippen LogP contribution is -2.48. The van der Waals surface area contributed by atoms with Gasteiger partial charge >= 0.3 is 0 Å². The van der Waals surface area contributed by atoms with Gasteiger partial charge in [-0.25, -0.2) is 9.67 Å². The summed E-state index contributed by atoms with van der Waals surface area (Å²) in [5.74, 6) is 2.78. The molecule has 0 unspecified atom stereocenters. The Hall–Kier alpha value is -1.69. The van der Waals surface area contributed by atoms with Gasteiger partial charge in [0.25, 0.3) is 5.56 Å². The van der Waals surface area contributed by atoms with E-state index in [1.54, 1.807) is 12.3 Å². The second-order valence-corrected chi connectivity index (χ2v) is 9.80. The van der Waals surface area contributed by atoms with Crippen LogP contribution < -0.4 is 10.5 Å². The fourth-order valence-electron chi connectivity index (χ4n) is 5.94. The molecule has 4 fully saturated rings. The Morgan fingerprint density at radius 2 is 1.85 bits per heavy atom. The van der Waals surface area contributed by atoms with E-state index in [1.165, 1.54) is 48.2 Å². The zero-order chi connectivity index (χ0) is 17.9. The van der Waals surface area contributed by atoms with Gasteiger partial charge in [-0.2, -0.15) is 5.10 Å². The van der Waals surface area contributed by atoms with Crippen LogP contribution in [0, 0.1) is 17.8 Å². The summed E-state index contributed by atoms with van der Waals surface area (Å²) >= 11 is 1.81. The van der Waals surface area contributed by atoms with E-state index in [-0.39, 0.29) is 5.56 Å². The van der Waals surface area contributed by atoms with Crippen molar-refractivity contribution in [3.05, 3.63) is 38.7 Å². The van der Waals surface area contributed by atoms with Crippen molar-refractivity contribution in [1.29, 1.82) is 0 Å². The molecule has 6 rings (SSSR count). The van der Waals surface area contributed by atoms with Gasteiger partial charge in [0.15, 0.2) is 0 Å². The molecule has 4 saturated carbocycles. The summed E-state index contributed by atoms with van der Waals surface area (Å²) in [5.41, 5.74) is 2.08. The normalized spacial score (nSPS) is 32.2. The topological polar surface area (TPSA) is 51.0 Å². The van der Waals surface area contributed by atoms with E-state index in [0.717, 1.165) is 29.1 Å². The maximum atomic E-state index is 12.3. The van der Waals surface area contributed by atoms with Gasteiger partial charge in [0.1, 0.15) is 0 Å². The number of aromatic nitrogens is 3. The molecule has 0 saturated heterocycles. The van der Waals surface area contributed by atoms with Crippen molar-refractivity contribution >= 4 is 17.0 Å². The Morgan fingerprint density at radius 3 is 2.42 bits per heavy atom. The molecule has 2 aromatic heterocycles. The molecular weight excluding hydrogens is 344 g/mol. The molecule has 0 amide bonds. The van der Waals surface area contributed by atoms with E-state index in [9.17, 15) is 4.79 Å². The van der Waals surface area contributed by atoms with Gasteiger partial charge < -0.3 is 4.90 Å². The van der Waals surface area contributed by atoms with Crippen LogP contribution in [0.1, 0.15) is 49.2 Å². The Bertz CT molecular complexity index is 849. The quantitative estimate of drug-likeness (QED) is 0.829. The Morgan fingerprint density at radius 1 is 1.19 bits per heavy atom. The average molecular weight is 371 g/mol. The highest BCUT2D eigenvalue weighted by Crippen LogP contribution is 2.61. The van der Waals surface area contributed by atoms with Crippen LogP contribution in [-0.4, -0.2) is 28.9 Å². The third-order valence-electron chi connectivity index (χ3n) is 6.73. The summed E-state index contributed by atoms with van der Waals surface area (Å²) in [5, 5.41) is 7.79. The standard InChI is InChI=1S/C20H26N4OS/c1-23(2)17-6-18(25)24(21-10-17)11-16-12-26-19(22-16)20-7-13-3-14(8-20)5-15(4-13)9-20/h6,10,12-15H,3-5,7-9,11H2,1-2H3. The maximum absolute atomic E-state index is 12.3. The molecule has 4 aliphatic rings. The second-order valence-electron chi connectivity index (χ2n) is 8.95. The van der Waals surface area contributed by atoms with Crippen LogP contribution in [0.3, 0.4) is 0 Å². The van der Waals surface area contributed by atoms with Gasteiger partial charge in [-0.3, -0.25) is 4.79 Å². The van der Waals surface area contributed by atoms with Crippen LogP contribution in [0.25, 0.3) is 0 Å². The van der Waals surface area contributed by atoms with E-state index in [2.05, 4.69) is 10.5 Å². The molecule has 0 N–H and O–H groups in total. The summed E-state index contributed by atoms with van der Waals surface area (Å²) in [6.45, 7) is 0.468. The predicted molar refractivity (Wildman–Crippen MR) is 104 cm³/mol. The van der Waals surface area contributed by atoms with Gasteiger partial charge in [-0.1, -0.05) is 0 Å². The van der Waals surface area contributed by atoms with E-state index < -0.39 is 0 Å². The number of hydrogen-bond acceptors (Lipinski definition) is 5. The van der Waals surface area contributed by atoms with Crippen molar-refractivity contribution in [1.82, 2.24) is 14.8 Å². The minimum Gasteiger partial charge on any atom is -0.376 e. The molecule has 6 heteroatoms. The number of anilines is 1. The zero-order valence-electron chi connectivity index (χ0n) is 15.5. The highest BCUT2D eigenvalue weighted by molar-refractivity contribution is 7.09. The first-order valence-corrected chi connectivity index (χ1v) is 10.6. The summed E-state index contributed by atoms with van der Waals surface area (Å²) in [6.07, 6.45) is 10.1. The number of nitrogens with zero attached hydrogens (tertiary/aromatic N) is 4. The lowest BCUT2D eigenvalue weighted by Gasteiger charge is -2.56. The van der Waals surface area contributed by atoms with Gasteiger partial charge in [-0.05, 0) is 56.3 Å². The van der Waals surface area contributed by atoms with Crippen LogP contribution in [0.5, 0.6) is 0 Å². The summed E-state index contributed by atoms with van der Waals surface area (Å²) < 4.78 is 1.52. The van der Waals surface area contributed by atoms with Crippen LogP contribution in [0.15, 0.2) is 22.4 Å². The van der Waals surface area contributed by atoms with Crippen LogP contribution in [0.2, 0.25) is 0 Å². The third kappa shape index (κ3) is 2.70. The van der Waals surface area contributed by atoms with Crippen molar-refractivity contribution in [2.75, 3.05) is 19.0 Å². The molecule has 0 atom stereocenters. The van der Waals surface area contributed by atoms with Crippen molar-refractivity contribution < 1.29 is 0 Å². The first kappa shape index (κ1) is 16.5. The molecule has 0 radical (unpaired) electrons. The Kier molecular flexibility index (Phi) is 3.75. The van der Waals surface area contributed by atoms with E-state index in [1.807, 2.05) is 30.3 Å². The third-order valence-corrected chi connectivity index (χ3v) is 7.86. The average Bonchev–Trinajstić information content (AvgIpc) is 3.05. The first-order chi connectivity index (χ1) is 12.5. The van der Waals surface area contributed by atoms with Crippen molar-refractivity contribution in [2.24, 2.45) is 17.8 Å². The van der Waals surface area contributed by atoms with E-state index in [4.69, 9.17) is 4.98 Å². The second kappa shape index (κ2) is 5.91. The van der Waals surface area contributed by atoms with Crippen LogP contribution in [-0.2, 0) is 12.0 Å². The SMILES string of the molecule is CN(C)c1cnn(Cc2csc(C34CC5CC(CC(C5)C3)C4)n2)c(=O)c1. The molecule has 0 spiro atoms. The number of thiazole rings is 1. The minimum absolute atomic E-state index is 0.0689. The largest absolute Gasteiger partial charge is 0.376 e. The van der Waals surface area contributed by atoms with Gasteiger partial charge in [0, 0.05) is 31.0 Å².